The number of H-pyrrole nitrogens is 1. The first kappa shape index (κ1) is 15.3. The van der Waals surface area contributed by atoms with Gasteiger partial charge >= 0.3 is 12.0 Å². The molecule has 2 N–H and O–H groups in total. The van der Waals surface area contributed by atoms with E-state index in [1.165, 1.54) is 4.90 Å². The quantitative estimate of drug-likeness (QED) is 0.860. The molecule has 1 saturated heterocycles. The number of carbonyl (C=O) groups excluding carboxylic acids is 1. The van der Waals surface area contributed by atoms with E-state index in [2.05, 4.69) is 15.2 Å². The van der Waals surface area contributed by atoms with Crippen molar-refractivity contribution in [1.29, 1.82) is 0 Å². The first-order valence-electron chi connectivity index (χ1n) is 6.93. The number of rotatable bonds is 3. The largest absolute Gasteiger partial charge is 0.481 e. The van der Waals surface area contributed by atoms with Crippen molar-refractivity contribution in [3.8, 4) is 0 Å². The number of carbonyl (C=O) groups is 2. The first-order valence-corrected chi connectivity index (χ1v) is 6.93. The van der Waals surface area contributed by atoms with Crippen molar-refractivity contribution in [2.45, 2.75) is 33.2 Å². The first-order chi connectivity index (χ1) is 9.82. The van der Waals surface area contributed by atoms with Gasteiger partial charge < -0.3 is 14.9 Å². The fourth-order valence-corrected chi connectivity index (χ4v) is 2.56. The van der Waals surface area contributed by atoms with E-state index in [-0.39, 0.29) is 12.6 Å². The Hall–Kier alpha value is -2.12. The van der Waals surface area contributed by atoms with Crippen LogP contribution in [0.1, 0.15) is 31.4 Å². The van der Waals surface area contributed by atoms with Crippen LogP contribution in [-0.2, 0) is 11.3 Å². The number of nitrogens with zero attached hydrogens (tertiary/aromatic N) is 4. The highest BCUT2D eigenvalue weighted by molar-refractivity contribution is 5.78. The summed E-state index contributed by atoms with van der Waals surface area (Å²) in [5.41, 5.74) is -0.865. The van der Waals surface area contributed by atoms with Gasteiger partial charge in [-0.05, 0) is 26.7 Å². The van der Waals surface area contributed by atoms with Crippen molar-refractivity contribution in [1.82, 2.24) is 25.0 Å². The molecule has 21 heavy (non-hydrogen) atoms. The number of hydrogen-bond acceptors (Lipinski definition) is 4. The summed E-state index contributed by atoms with van der Waals surface area (Å²) in [6, 6.07) is -0.190. The minimum atomic E-state index is -0.865. The number of carboxylic acids is 1. The monoisotopic (exact) mass is 295 g/mol. The Morgan fingerprint density at radius 1 is 1.52 bits per heavy atom. The second-order valence-electron chi connectivity index (χ2n) is 5.87. The average Bonchev–Trinajstić information content (AvgIpc) is 2.83. The van der Waals surface area contributed by atoms with Crippen molar-refractivity contribution in [2.75, 3.05) is 20.1 Å². The van der Waals surface area contributed by atoms with Gasteiger partial charge in [0.2, 0.25) is 0 Å². The molecule has 1 aromatic rings. The Kier molecular flexibility index (Phi) is 4.15. The molecule has 0 spiro atoms. The van der Waals surface area contributed by atoms with Crippen LogP contribution in [0.3, 0.4) is 0 Å². The predicted molar refractivity (Wildman–Crippen MR) is 74.5 cm³/mol. The molecule has 8 nitrogen and oxygen atoms in total. The van der Waals surface area contributed by atoms with E-state index in [9.17, 15) is 14.7 Å². The highest BCUT2D eigenvalue weighted by Gasteiger charge is 2.40. The molecular formula is C13H21N5O3. The molecule has 1 aliphatic rings. The Labute approximate surface area is 123 Å². The van der Waals surface area contributed by atoms with Crippen LogP contribution in [0, 0.1) is 12.3 Å². The maximum Gasteiger partial charge on any atom is 0.320 e. The number of aromatic nitrogens is 3. The van der Waals surface area contributed by atoms with Crippen LogP contribution in [0.25, 0.3) is 0 Å². The number of hydrogen-bond donors (Lipinski definition) is 2. The Bertz CT molecular complexity index is 544. The number of likely N-dealkylation sites (tertiary alicyclic amines) is 1. The fraction of sp³-hybridized carbons (Fsp3) is 0.692. The van der Waals surface area contributed by atoms with E-state index >= 15 is 0 Å². The van der Waals surface area contributed by atoms with Gasteiger partial charge in [0.25, 0.3) is 0 Å². The Balaban J connectivity index is 2.00. The number of piperidine rings is 1. The molecule has 0 bridgehead atoms. The van der Waals surface area contributed by atoms with Gasteiger partial charge in [0.1, 0.15) is 5.82 Å². The van der Waals surface area contributed by atoms with Gasteiger partial charge in [0.05, 0.1) is 12.0 Å². The molecule has 116 valence electrons. The highest BCUT2D eigenvalue weighted by atomic mass is 16.4. The second kappa shape index (κ2) is 5.71. The third-order valence-corrected chi connectivity index (χ3v) is 3.83. The minimum Gasteiger partial charge on any atom is -0.481 e. The van der Waals surface area contributed by atoms with Gasteiger partial charge in [-0.2, -0.15) is 5.10 Å². The number of urea groups is 1. The lowest BCUT2D eigenvalue weighted by Gasteiger charge is -2.39. The molecule has 8 heteroatoms. The zero-order valence-electron chi connectivity index (χ0n) is 12.6. The van der Waals surface area contributed by atoms with E-state index in [0.717, 1.165) is 0 Å². The van der Waals surface area contributed by atoms with E-state index in [0.29, 0.717) is 37.6 Å². The smallest absolute Gasteiger partial charge is 0.320 e. The maximum atomic E-state index is 12.4. The number of carboxylic acid groups (broad SMARTS) is 1. The normalized spacial score (nSPS) is 22.1. The van der Waals surface area contributed by atoms with Gasteiger partial charge in [-0.3, -0.25) is 9.89 Å². The molecule has 1 unspecified atom stereocenters. The van der Waals surface area contributed by atoms with Crippen LogP contribution in [0.4, 0.5) is 4.79 Å². The second-order valence-corrected chi connectivity index (χ2v) is 5.87. The van der Waals surface area contributed by atoms with Crippen molar-refractivity contribution < 1.29 is 14.7 Å². The number of aryl methyl sites for hydroxylation is 1. The number of amides is 2. The summed E-state index contributed by atoms with van der Waals surface area (Å²) in [5, 5.41) is 16.0. The summed E-state index contributed by atoms with van der Waals surface area (Å²) in [4.78, 5) is 31.0. The van der Waals surface area contributed by atoms with E-state index in [1.54, 1.807) is 25.8 Å². The summed E-state index contributed by atoms with van der Waals surface area (Å²) in [6.07, 6.45) is 1.29. The van der Waals surface area contributed by atoms with Gasteiger partial charge in [-0.1, -0.05) is 0 Å². The van der Waals surface area contributed by atoms with Gasteiger partial charge in [-0.25, -0.2) is 9.78 Å². The van der Waals surface area contributed by atoms with E-state index in [1.807, 2.05) is 0 Å². The molecule has 1 atom stereocenters. The third-order valence-electron chi connectivity index (χ3n) is 3.83. The molecule has 0 saturated carbocycles. The van der Waals surface area contributed by atoms with Crippen LogP contribution in [-0.4, -0.2) is 62.2 Å². The number of nitrogens with one attached hydrogen (secondary N) is 1. The zero-order valence-corrected chi connectivity index (χ0v) is 12.6. The summed E-state index contributed by atoms with van der Waals surface area (Å²) < 4.78 is 0. The van der Waals surface area contributed by atoms with E-state index in [4.69, 9.17) is 0 Å². The molecule has 2 rings (SSSR count). The third kappa shape index (κ3) is 3.32. The molecule has 0 aromatic carbocycles. The summed E-state index contributed by atoms with van der Waals surface area (Å²) in [7, 11) is 1.67. The van der Waals surface area contributed by atoms with Gasteiger partial charge in [0, 0.05) is 20.1 Å². The predicted octanol–water partition coefficient (Wildman–Crippen LogP) is 0.852. The zero-order chi connectivity index (χ0) is 15.6. The Morgan fingerprint density at radius 2 is 2.24 bits per heavy atom. The molecule has 0 aliphatic carbocycles. The van der Waals surface area contributed by atoms with Crippen molar-refractivity contribution in [3.05, 3.63) is 11.6 Å². The molecule has 1 fully saturated rings. The molecule has 2 heterocycles. The minimum absolute atomic E-state index is 0.190. The lowest BCUT2D eigenvalue weighted by atomic mass is 9.82. The standard InChI is InChI=1S/C13H21N5O3/c1-9-14-10(16-15-9)7-17(3)12(21)18-6-4-5-13(2,8-18)11(19)20/h4-8H2,1-3H3,(H,19,20)(H,14,15,16). The summed E-state index contributed by atoms with van der Waals surface area (Å²) in [5.74, 6) is 0.385. The SMILES string of the molecule is Cc1nc(CN(C)C(=O)N2CCCC(C)(C(=O)O)C2)n[nH]1. The molecule has 1 aromatic heterocycles. The van der Waals surface area contributed by atoms with Crippen LogP contribution in [0.5, 0.6) is 0 Å². The summed E-state index contributed by atoms with van der Waals surface area (Å²) in [6.45, 7) is 4.59. The van der Waals surface area contributed by atoms with Crippen molar-refractivity contribution in [2.24, 2.45) is 5.41 Å². The van der Waals surface area contributed by atoms with Crippen LogP contribution >= 0.6 is 0 Å². The number of aliphatic carboxylic acids is 1. The average molecular weight is 295 g/mol. The summed E-state index contributed by atoms with van der Waals surface area (Å²) >= 11 is 0. The maximum absolute atomic E-state index is 12.4. The molecule has 2 amide bonds. The van der Waals surface area contributed by atoms with Gasteiger partial charge in [0.15, 0.2) is 5.82 Å². The lowest BCUT2D eigenvalue weighted by Crippen LogP contribution is -2.51. The van der Waals surface area contributed by atoms with Crippen molar-refractivity contribution >= 4 is 12.0 Å². The Morgan fingerprint density at radius 3 is 2.81 bits per heavy atom. The van der Waals surface area contributed by atoms with Crippen molar-refractivity contribution in [3.63, 3.8) is 0 Å². The van der Waals surface area contributed by atoms with Crippen LogP contribution < -0.4 is 0 Å². The van der Waals surface area contributed by atoms with Crippen LogP contribution in [0.2, 0.25) is 0 Å². The number of aromatic amines is 1. The molecule has 0 radical (unpaired) electrons. The van der Waals surface area contributed by atoms with Gasteiger partial charge in [-0.15, -0.1) is 0 Å². The topological polar surface area (TPSA) is 102 Å². The molecule has 1 aliphatic heterocycles. The van der Waals surface area contributed by atoms with Crippen LogP contribution in [0.15, 0.2) is 0 Å². The molecular weight excluding hydrogens is 274 g/mol. The lowest BCUT2D eigenvalue weighted by molar-refractivity contribution is -0.150. The fourth-order valence-electron chi connectivity index (χ4n) is 2.56. The van der Waals surface area contributed by atoms with E-state index < -0.39 is 11.4 Å². The highest BCUT2D eigenvalue weighted by Crippen LogP contribution is 2.30.